The second kappa shape index (κ2) is 8.98. The van der Waals surface area contributed by atoms with Crippen LogP contribution < -0.4 is 14.8 Å². The largest absolute Gasteiger partial charge is 0.445 e. The molecule has 3 aromatic carbocycles. The fourth-order valence-electron chi connectivity index (χ4n) is 4.19. The topological polar surface area (TPSA) is 89.1 Å². The maximum absolute atomic E-state index is 15.2. The molecule has 0 saturated heterocycles. The molecule has 1 unspecified atom stereocenters. The van der Waals surface area contributed by atoms with Gasteiger partial charge in [0.2, 0.25) is 6.41 Å². The summed E-state index contributed by atoms with van der Waals surface area (Å²) in [5, 5.41) is 3.13. The van der Waals surface area contributed by atoms with Crippen molar-refractivity contribution in [1.82, 2.24) is 15.0 Å². The Morgan fingerprint density at radius 1 is 1.08 bits per heavy atom. The van der Waals surface area contributed by atoms with Gasteiger partial charge in [0.25, 0.3) is 6.29 Å². The van der Waals surface area contributed by atoms with Crippen molar-refractivity contribution in [3.8, 4) is 22.6 Å². The number of rotatable bonds is 6. The quantitative estimate of drug-likeness (QED) is 0.277. The molecular formula is C27H18ClFN4O3. The Hall–Kier alpha value is -4.43. The molecule has 1 amide bonds. The van der Waals surface area contributed by atoms with Gasteiger partial charge in [-0.15, -0.1) is 0 Å². The Kier molecular flexibility index (Phi) is 5.50. The molecule has 7 nitrogen and oxygen atoms in total. The average Bonchev–Trinajstić information content (AvgIpc) is 3.49. The lowest BCUT2D eigenvalue weighted by atomic mass is 10.0. The normalized spacial score (nSPS) is 14.2. The Labute approximate surface area is 209 Å². The van der Waals surface area contributed by atoms with E-state index >= 15 is 4.39 Å². The van der Waals surface area contributed by atoms with Gasteiger partial charge in [-0.3, -0.25) is 9.78 Å². The molecule has 6 rings (SSSR count). The van der Waals surface area contributed by atoms with Crippen molar-refractivity contribution < 1.29 is 18.7 Å². The van der Waals surface area contributed by atoms with E-state index in [-0.39, 0.29) is 12.2 Å². The predicted octanol–water partition coefficient (Wildman–Crippen LogP) is 6.05. The zero-order valence-corrected chi connectivity index (χ0v) is 19.4. The number of halogens is 2. The van der Waals surface area contributed by atoms with Crippen molar-refractivity contribution in [3.63, 3.8) is 0 Å². The number of hydrogen-bond donors (Lipinski definition) is 2. The monoisotopic (exact) mass is 500 g/mol. The predicted molar refractivity (Wildman–Crippen MR) is 134 cm³/mol. The lowest BCUT2D eigenvalue weighted by Crippen LogP contribution is -2.09. The van der Waals surface area contributed by atoms with Crippen molar-refractivity contribution in [2.75, 3.05) is 5.32 Å². The van der Waals surface area contributed by atoms with E-state index in [9.17, 15) is 4.79 Å². The summed E-state index contributed by atoms with van der Waals surface area (Å²) >= 11 is 5.93. The molecule has 2 aromatic heterocycles. The highest BCUT2D eigenvalue weighted by Gasteiger charge is 2.29. The molecule has 0 bridgehead atoms. The molecule has 5 aromatic rings. The molecule has 0 saturated carbocycles. The Morgan fingerprint density at radius 3 is 2.81 bits per heavy atom. The van der Waals surface area contributed by atoms with E-state index in [1.807, 2.05) is 18.2 Å². The SMILES string of the molecule is O=CNc1ccc2nc(Cc3ccc(-c4cccc5c4OC(c4ccc(Cl)cn4)O5)cc3F)[nH]c2c1. The fourth-order valence-corrected chi connectivity index (χ4v) is 4.31. The number of pyridine rings is 1. The molecule has 178 valence electrons. The molecule has 0 fully saturated rings. The standard InChI is InChI=1S/C27H18ClFN4O3/c28-17-6-8-22(30-13-17)27-35-24-3-1-2-19(26(24)36-27)15-4-5-16(20(29)10-15)11-25-32-21-9-7-18(31-14-34)12-23(21)33-25/h1-10,12-14,27H,11H2,(H,31,34)(H,32,33). The summed E-state index contributed by atoms with van der Waals surface area (Å²) in [4.78, 5) is 22.7. The number of fused-ring (bicyclic) bond motifs is 2. The maximum atomic E-state index is 15.2. The first kappa shape index (κ1) is 22.1. The zero-order chi connectivity index (χ0) is 24.6. The van der Waals surface area contributed by atoms with E-state index in [1.165, 1.54) is 12.3 Å². The zero-order valence-electron chi connectivity index (χ0n) is 18.7. The van der Waals surface area contributed by atoms with Crippen LogP contribution in [0.5, 0.6) is 11.5 Å². The molecule has 36 heavy (non-hydrogen) atoms. The van der Waals surface area contributed by atoms with E-state index in [4.69, 9.17) is 21.1 Å². The molecule has 0 aliphatic carbocycles. The minimum atomic E-state index is -0.710. The first-order valence-corrected chi connectivity index (χ1v) is 11.5. The highest BCUT2D eigenvalue weighted by atomic mass is 35.5. The molecule has 0 spiro atoms. The lowest BCUT2D eigenvalue weighted by molar-refractivity contribution is -0.105. The third kappa shape index (κ3) is 4.12. The number of aromatic nitrogens is 3. The summed E-state index contributed by atoms with van der Waals surface area (Å²) in [6, 6.07) is 19.4. The summed E-state index contributed by atoms with van der Waals surface area (Å²) in [5.41, 5.74) is 4.61. The maximum Gasteiger partial charge on any atom is 0.284 e. The van der Waals surface area contributed by atoms with E-state index in [0.717, 1.165) is 11.0 Å². The number of hydrogen-bond acceptors (Lipinski definition) is 5. The van der Waals surface area contributed by atoms with Gasteiger partial charge < -0.3 is 19.8 Å². The number of carbonyl (C=O) groups excluding carboxylic acids is 1. The third-order valence-corrected chi connectivity index (χ3v) is 6.13. The van der Waals surface area contributed by atoms with Gasteiger partial charge >= 0.3 is 0 Å². The molecule has 3 heterocycles. The van der Waals surface area contributed by atoms with Gasteiger partial charge in [-0.05, 0) is 53.6 Å². The number of aromatic amines is 1. The summed E-state index contributed by atoms with van der Waals surface area (Å²) in [6.45, 7) is 0. The summed E-state index contributed by atoms with van der Waals surface area (Å²) in [5.74, 6) is 1.35. The molecular weight excluding hydrogens is 483 g/mol. The molecule has 1 atom stereocenters. The Bertz CT molecular complexity index is 1600. The molecule has 2 N–H and O–H groups in total. The first-order chi connectivity index (χ1) is 17.6. The molecule has 9 heteroatoms. The van der Waals surface area contributed by atoms with E-state index < -0.39 is 6.29 Å². The van der Waals surface area contributed by atoms with Crippen molar-refractivity contribution >= 4 is 34.7 Å². The second-order valence-electron chi connectivity index (χ2n) is 8.26. The number of ether oxygens (including phenoxy) is 2. The minimum absolute atomic E-state index is 0.286. The average molecular weight is 501 g/mol. The van der Waals surface area contributed by atoms with Crippen molar-refractivity contribution in [2.45, 2.75) is 12.7 Å². The van der Waals surface area contributed by atoms with Crippen LogP contribution in [0.3, 0.4) is 0 Å². The van der Waals surface area contributed by atoms with Crippen molar-refractivity contribution in [2.24, 2.45) is 0 Å². The Morgan fingerprint density at radius 2 is 2.00 bits per heavy atom. The van der Waals surface area contributed by atoms with Crippen LogP contribution in [0.4, 0.5) is 10.1 Å². The van der Waals surface area contributed by atoms with E-state index in [1.54, 1.807) is 42.5 Å². The van der Waals surface area contributed by atoms with Gasteiger partial charge in [0.15, 0.2) is 11.5 Å². The lowest BCUT2D eigenvalue weighted by Gasteiger charge is -2.10. The highest BCUT2D eigenvalue weighted by Crippen LogP contribution is 2.46. The van der Waals surface area contributed by atoms with Gasteiger partial charge in [0.1, 0.15) is 17.3 Å². The number of amides is 1. The minimum Gasteiger partial charge on any atom is -0.445 e. The van der Waals surface area contributed by atoms with Gasteiger partial charge in [0, 0.05) is 23.9 Å². The Balaban J connectivity index is 1.25. The van der Waals surface area contributed by atoms with Gasteiger partial charge in [-0.2, -0.15) is 0 Å². The second-order valence-corrected chi connectivity index (χ2v) is 8.70. The van der Waals surface area contributed by atoms with Crippen LogP contribution in [0.25, 0.3) is 22.2 Å². The number of imidazole rings is 1. The first-order valence-electron chi connectivity index (χ1n) is 11.1. The third-order valence-electron chi connectivity index (χ3n) is 5.91. The van der Waals surface area contributed by atoms with Gasteiger partial charge in [0.05, 0.1) is 16.1 Å². The number of nitrogens with zero attached hydrogens (tertiary/aromatic N) is 2. The molecule has 0 radical (unpaired) electrons. The van der Waals surface area contributed by atoms with Crippen LogP contribution in [-0.2, 0) is 11.2 Å². The van der Waals surface area contributed by atoms with E-state index in [2.05, 4.69) is 20.3 Å². The van der Waals surface area contributed by atoms with Crippen LogP contribution in [-0.4, -0.2) is 21.4 Å². The van der Waals surface area contributed by atoms with Gasteiger partial charge in [-0.25, -0.2) is 9.37 Å². The van der Waals surface area contributed by atoms with Crippen molar-refractivity contribution in [3.05, 3.63) is 101 Å². The fraction of sp³-hybridized carbons (Fsp3) is 0.0741. The van der Waals surface area contributed by atoms with Crippen LogP contribution in [0.15, 0.2) is 72.9 Å². The van der Waals surface area contributed by atoms with Crippen LogP contribution in [0, 0.1) is 5.82 Å². The highest BCUT2D eigenvalue weighted by molar-refractivity contribution is 6.30. The number of benzene rings is 3. The number of anilines is 1. The van der Waals surface area contributed by atoms with Crippen LogP contribution in [0.1, 0.15) is 23.4 Å². The molecule has 1 aliphatic heterocycles. The van der Waals surface area contributed by atoms with Crippen LogP contribution in [0.2, 0.25) is 5.02 Å². The smallest absolute Gasteiger partial charge is 0.284 e. The van der Waals surface area contributed by atoms with Crippen molar-refractivity contribution in [1.29, 1.82) is 0 Å². The number of H-pyrrole nitrogens is 1. The van der Waals surface area contributed by atoms with Crippen LogP contribution >= 0.6 is 11.6 Å². The summed E-state index contributed by atoms with van der Waals surface area (Å²) in [6.07, 6.45) is 1.72. The van der Waals surface area contributed by atoms with E-state index in [0.29, 0.717) is 56.8 Å². The number of carbonyl (C=O) groups is 1. The molecule has 1 aliphatic rings. The van der Waals surface area contributed by atoms with Gasteiger partial charge in [-0.1, -0.05) is 35.9 Å². The summed E-state index contributed by atoms with van der Waals surface area (Å²) < 4.78 is 27.2. The summed E-state index contributed by atoms with van der Waals surface area (Å²) in [7, 11) is 0. The number of nitrogens with one attached hydrogen (secondary N) is 2. The number of para-hydroxylation sites is 1.